The molecule has 0 aliphatic rings. The predicted molar refractivity (Wildman–Crippen MR) is 293 cm³/mol. The third kappa shape index (κ3) is 54.8. The Bertz CT molecular complexity index is 1100. The highest BCUT2D eigenvalue weighted by Crippen LogP contribution is 2.17. The van der Waals surface area contributed by atoms with Gasteiger partial charge < -0.3 is 14.2 Å². The normalized spacial score (nSPS) is 12.1. The van der Waals surface area contributed by atoms with Crippen molar-refractivity contribution in [3.63, 3.8) is 0 Å². The third-order valence-electron chi connectivity index (χ3n) is 13.7. The molecule has 0 saturated carbocycles. The van der Waals surface area contributed by atoms with Crippen molar-refractivity contribution in [1.29, 1.82) is 0 Å². The molecule has 0 N–H and O–H groups in total. The van der Waals surface area contributed by atoms with E-state index >= 15 is 0 Å². The molecule has 68 heavy (non-hydrogen) atoms. The summed E-state index contributed by atoms with van der Waals surface area (Å²) in [5.41, 5.74) is 0. The molecule has 0 bridgehead atoms. The lowest BCUT2D eigenvalue weighted by atomic mass is 10.0. The molecule has 0 unspecified atom stereocenters. The molecule has 0 heterocycles. The first kappa shape index (κ1) is 65.9. The van der Waals surface area contributed by atoms with Crippen LogP contribution in [0.4, 0.5) is 0 Å². The Kier molecular flexibility index (Phi) is 55.7. The zero-order chi connectivity index (χ0) is 49.3. The SMILES string of the molecule is CCCCCCCC/C=C\CCCCCCCC(=O)OC[C@H](COC(=O)CCCCCCCCC/C=C\CCCCCCCCCC)OC(=O)CCCCCCCCCCCCCCCCCC. The molecule has 1 atom stereocenters. The van der Waals surface area contributed by atoms with Gasteiger partial charge in [0.1, 0.15) is 13.2 Å². The molecule has 0 spiro atoms. The molecule has 0 rings (SSSR count). The molecule has 6 nitrogen and oxygen atoms in total. The zero-order valence-corrected chi connectivity index (χ0v) is 45.9. The number of carbonyl (C=O) groups excluding carboxylic acids is 3. The van der Waals surface area contributed by atoms with Crippen LogP contribution in [0.25, 0.3) is 0 Å². The number of hydrogen-bond donors (Lipinski definition) is 0. The van der Waals surface area contributed by atoms with Crippen LogP contribution in [0.2, 0.25) is 0 Å². The Labute approximate surface area is 423 Å². The van der Waals surface area contributed by atoms with Gasteiger partial charge in [-0.15, -0.1) is 0 Å². The molecular weight excluding hydrogens is 841 g/mol. The Balaban J connectivity index is 4.33. The fraction of sp³-hybridized carbons (Fsp3) is 0.887. The summed E-state index contributed by atoms with van der Waals surface area (Å²) in [5.74, 6) is -0.861. The van der Waals surface area contributed by atoms with Crippen molar-refractivity contribution in [3.05, 3.63) is 24.3 Å². The molecule has 6 heteroatoms. The number of allylic oxidation sites excluding steroid dienone is 4. The van der Waals surface area contributed by atoms with Crippen LogP contribution in [0.5, 0.6) is 0 Å². The molecule has 0 amide bonds. The summed E-state index contributed by atoms with van der Waals surface area (Å²) in [6.07, 6.45) is 67.4. The van der Waals surface area contributed by atoms with Crippen molar-refractivity contribution >= 4 is 17.9 Å². The fourth-order valence-electron chi connectivity index (χ4n) is 9.08. The number of ether oxygens (including phenoxy) is 3. The maximum absolute atomic E-state index is 12.9. The lowest BCUT2D eigenvalue weighted by Crippen LogP contribution is -2.30. The maximum atomic E-state index is 12.9. The maximum Gasteiger partial charge on any atom is 0.306 e. The monoisotopic (exact) mass is 957 g/mol. The van der Waals surface area contributed by atoms with Crippen LogP contribution in [-0.2, 0) is 28.6 Å². The first-order valence-corrected chi connectivity index (χ1v) is 30.3. The average Bonchev–Trinajstić information content (AvgIpc) is 3.34. The van der Waals surface area contributed by atoms with Crippen LogP contribution in [-0.4, -0.2) is 37.2 Å². The third-order valence-corrected chi connectivity index (χ3v) is 13.7. The summed E-state index contributed by atoms with van der Waals surface area (Å²) in [5, 5.41) is 0. The van der Waals surface area contributed by atoms with Gasteiger partial charge in [0.2, 0.25) is 0 Å². The number of unbranched alkanes of at least 4 members (excludes halogenated alkanes) is 41. The van der Waals surface area contributed by atoms with Gasteiger partial charge in [0.25, 0.3) is 0 Å². The molecule has 0 aliphatic heterocycles. The van der Waals surface area contributed by atoms with E-state index in [9.17, 15) is 14.4 Å². The van der Waals surface area contributed by atoms with Crippen LogP contribution in [0, 0.1) is 0 Å². The van der Waals surface area contributed by atoms with Crippen LogP contribution in [0.15, 0.2) is 24.3 Å². The molecule has 0 aromatic carbocycles. The van der Waals surface area contributed by atoms with Gasteiger partial charge >= 0.3 is 17.9 Å². The van der Waals surface area contributed by atoms with E-state index in [1.807, 2.05) is 0 Å². The summed E-state index contributed by atoms with van der Waals surface area (Å²) in [4.78, 5) is 38.2. The van der Waals surface area contributed by atoms with E-state index < -0.39 is 6.10 Å². The molecule has 0 radical (unpaired) electrons. The standard InChI is InChI=1S/C62H116O6/c1-4-7-10-13-16-19-22-25-28-30-31-32-35-37-40-43-46-49-52-55-61(64)67-58-59(57-66-60(63)54-51-48-45-42-39-36-33-27-24-21-18-15-12-9-6-3)68-62(65)56-53-50-47-44-41-38-34-29-26-23-20-17-14-11-8-5-2/h27,30-31,33,59H,4-26,28-29,32,34-58H2,1-3H3/b31-30-,33-27-/t59-/m1/s1. The second-order valence-corrected chi connectivity index (χ2v) is 20.6. The van der Waals surface area contributed by atoms with E-state index in [4.69, 9.17) is 14.2 Å². The van der Waals surface area contributed by atoms with Gasteiger partial charge in [-0.2, -0.15) is 0 Å². The van der Waals surface area contributed by atoms with Crippen LogP contribution < -0.4 is 0 Å². The van der Waals surface area contributed by atoms with E-state index in [-0.39, 0.29) is 31.1 Å². The summed E-state index contributed by atoms with van der Waals surface area (Å²) in [7, 11) is 0. The predicted octanol–water partition coefficient (Wildman–Crippen LogP) is 20.3. The molecular formula is C62H116O6. The lowest BCUT2D eigenvalue weighted by molar-refractivity contribution is -0.167. The van der Waals surface area contributed by atoms with Gasteiger partial charge in [-0.05, 0) is 70.6 Å². The Hall–Kier alpha value is -2.11. The van der Waals surface area contributed by atoms with E-state index in [2.05, 4.69) is 45.1 Å². The molecule has 0 saturated heterocycles. The summed E-state index contributed by atoms with van der Waals surface area (Å²) >= 11 is 0. The first-order valence-electron chi connectivity index (χ1n) is 30.3. The Morgan fingerprint density at radius 3 is 0.735 bits per heavy atom. The lowest BCUT2D eigenvalue weighted by Gasteiger charge is -2.18. The minimum absolute atomic E-state index is 0.0716. The smallest absolute Gasteiger partial charge is 0.306 e. The quantitative estimate of drug-likeness (QED) is 0.0262. The second kappa shape index (κ2) is 57.5. The molecule has 0 aromatic rings. The first-order chi connectivity index (χ1) is 33.5. The highest BCUT2D eigenvalue weighted by atomic mass is 16.6. The van der Waals surface area contributed by atoms with E-state index in [1.54, 1.807) is 0 Å². The highest BCUT2D eigenvalue weighted by molar-refractivity contribution is 5.71. The number of esters is 3. The van der Waals surface area contributed by atoms with Gasteiger partial charge in [0.15, 0.2) is 6.10 Å². The van der Waals surface area contributed by atoms with Gasteiger partial charge in [0, 0.05) is 19.3 Å². The topological polar surface area (TPSA) is 78.9 Å². The number of hydrogen-bond acceptors (Lipinski definition) is 6. The summed E-state index contributed by atoms with van der Waals surface area (Å²) in [6, 6.07) is 0. The zero-order valence-electron chi connectivity index (χ0n) is 45.9. The van der Waals surface area contributed by atoms with Crippen LogP contribution in [0.3, 0.4) is 0 Å². The Morgan fingerprint density at radius 2 is 0.485 bits per heavy atom. The van der Waals surface area contributed by atoms with Gasteiger partial charge in [-0.1, -0.05) is 270 Å². The minimum Gasteiger partial charge on any atom is -0.462 e. The molecule has 0 aromatic heterocycles. The fourth-order valence-corrected chi connectivity index (χ4v) is 9.08. The van der Waals surface area contributed by atoms with Gasteiger partial charge in [0.05, 0.1) is 0 Å². The van der Waals surface area contributed by atoms with Crippen molar-refractivity contribution in [2.75, 3.05) is 13.2 Å². The van der Waals surface area contributed by atoms with Crippen molar-refractivity contribution in [2.45, 2.75) is 341 Å². The second-order valence-electron chi connectivity index (χ2n) is 20.6. The van der Waals surface area contributed by atoms with E-state index in [0.717, 1.165) is 64.2 Å². The number of carbonyl (C=O) groups is 3. The van der Waals surface area contributed by atoms with Crippen molar-refractivity contribution in [3.8, 4) is 0 Å². The van der Waals surface area contributed by atoms with Gasteiger partial charge in [-0.3, -0.25) is 14.4 Å². The largest absolute Gasteiger partial charge is 0.462 e. The summed E-state index contributed by atoms with van der Waals surface area (Å²) in [6.45, 7) is 6.68. The summed E-state index contributed by atoms with van der Waals surface area (Å²) < 4.78 is 16.9. The van der Waals surface area contributed by atoms with Crippen LogP contribution >= 0.6 is 0 Å². The average molecular weight is 958 g/mol. The van der Waals surface area contributed by atoms with Crippen molar-refractivity contribution < 1.29 is 28.6 Å². The van der Waals surface area contributed by atoms with E-state index in [0.29, 0.717) is 19.3 Å². The van der Waals surface area contributed by atoms with Crippen molar-refractivity contribution in [1.82, 2.24) is 0 Å². The minimum atomic E-state index is -0.773. The molecule has 0 aliphatic carbocycles. The Morgan fingerprint density at radius 1 is 0.279 bits per heavy atom. The van der Waals surface area contributed by atoms with Crippen molar-refractivity contribution in [2.24, 2.45) is 0 Å². The van der Waals surface area contributed by atoms with Gasteiger partial charge in [-0.25, -0.2) is 0 Å². The molecule has 400 valence electrons. The molecule has 0 fully saturated rings. The highest BCUT2D eigenvalue weighted by Gasteiger charge is 2.19. The van der Waals surface area contributed by atoms with E-state index in [1.165, 1.54) is 231 Å². The number of rotatable bonds is 56. The van der Waals surface area contributed by atoms with Crippen LogP contribution in [0.1, 0.15) is 335 Å².